The Labute approximate surface area is 210 Å². The molecule has 1 aliphatic carbocycles. The molecule has 2 aromatic heterocycles. The number of hydrogen-bond donors (Lipinski definition) is 2. The first-order chi connectivity index (χ1) is 17.4. The molecule has 3 aromatic rings. The third-order valence-corrected chi connectivity index (χ3v) is 8.23. The van der Waals surface area contributed by atoms with Gasteiger partial charge in [-0.3, -0.25) is 14.4 Å². The molecule has 36 heavy (non-hydrogen) atoms. The molecule has 2 N–H and O–H groups in total. The van der Waals surface area contributed by atoms with E-state index in [9.17, 15) is 14.4 Å². The number of nitrogens with one attached hydrogen (secondary N) is 2. The van der Waals surface area contributed by atoms with E-state index < -0.39 is 0 Å². The summed E-state index contributed by atoms with van der Waals surface area (Å²) >= 11 is 0. The lowest BCUT2D eigenvalue weighted by atomic mass is 9.73. The lowest BCUT2D eigenvalue weighted by Crippen LogP contribution is -2.49. The number of carbonyl (C=O) groups excluding carboxylic acids is 3. The third kappa shape index (κ3) is 4.25. The standard InChI is InChI=1S/C28H31N5O3/c1-32-10-8-18-12-20(3-6-24(18)32)28(36)33-11-9-17-14-23(5-2-21(17)16-33)30-27(35)22-13-19-4-7-25(34)31-26(19)29-15-22/h3,6,8,10,12-13,15,17,21,23H,2,4-5,7,9,11,14,16H2,1H3,(H,30,35)(H,29,31,34). The number of aromatic nitrogens is 2. The van der Waals surface area contributed by atoms with Gasteiger partial charge in [-0.1, -0.05) is 0 Å². The molecular formula is C28H31N5O3. The molecular weight excluding hydrogens is 454 g/mol. The summed E-state index contributed by atoms with van der Waals surface area (Å²) in [6.07, 6.45) is 8.43. The highest BCUT2D eigenvalue weighted by Gasteiger charge is 2.37. The summed E-state index contributed by atoms with van der Waals surface area (Å²) < 4.78 is 2.06. The Morgan fingerprint density at radius 2 is 1.94 bits per heavy atom. The lowest BCUT2D eigenvalue weighted by Gasteiger charge is -2.43. The second kappa shape index (κ2) is 9.08. The van der Waals surface area contributed by atoms with E-state index >= 15 is 0 Å². The van der Waals surface area contributed by atoms with E-state index in [0.29, 0.717) is 36.1 Å². The number of aryl methyl sites for hydroxylation is 2. The monoisotopic (exact) mass is 485 g/mol. The fourth-order valence-electron chi connectivity index (χ4n) is 6.18. The molecule has 2 aliphatic heterocycles. The van der Waals surface area contributed by atoms with E-state index in [4.69, 9.17) is 0 Å². The van der Waals surface area contributed by atoms with Gasteiger partial charge in [-0.25, -0.2) is 4.98 Å². The van der Waals surface area contributed by atoms with Gasteiger partial charge in [0.25, 0.3) is 11.8 Å². The van der Waals surface area contributed by atoms with E-state index in [-0.39, 0.29) is 23.8 Å². The van der Waals surface area contributed by atoms with Gasteiger partial charge in [-0.05, 0) is 79.8 Å². The molecule has 0 spiro atoms. The van der Waals surface area contributed by atoms with Crippen LogP contribution in [0.1, 0.15) is 58.4 Å². The molecule has 3 atom stereocenters. The van der Waals surface area contributed by atoms with Crippen LogP contribution in [0.3, 0.4) is 0 Å². The van der Waals surface area contributed by atoms with Gasteiger partial charge in [0.1, 0.15) is 5.82 Å². The van der Waals surface area contributed by atoms with E-state index in [2.05, 4.69) is 20.2 Å². The van der Waals surface area contributed by atoms with Gasteiger partial charge in [0.15, 0.2) is 0 Å². The predicted molar refractivity (Wildman–Crippen MR) is 137 cm³/mol. The van der Waals surface area contributed by atoms with Crippen LogP contribution >= 0.6 is 0 Å². The Morgan fingerprint density at radius 3 is 2.83 bits per heavy atom. The molecule has 3 aliphatic rings. The van der Waals surface area contributed by atoms with Crippen LogP contribution in [0.15, 0.2) is 42.7 Å². The van der Waals surface area contributed by atoms with Crippen LogP contribution in [0.2, 0.25) is 0 Å². The largest absolute Gasteiger partial charge is 0.351 e. The van der Waals surface area contributed by atoms with Crippen LogP contribution in [-0.4, -0.2) is 51.3 Å². The summed E-state index contributed by atoms with van der Waals surface area (Å²) in [4.78, 5) is 44.0. The molecule has 6 rings (SSSR count). The van der Waals surface area contributed by atoms with Crippen LogP contribution in [0.4, 0.5) is 5.82 Å². The van der Waals surface area contributed by atoms with Crippen molar-refractivity contribution in [1.29, 1.82) is 0 Å². The van der Waals surface area contributed by atoms with Crippen molar-refractivity contribution in [2.45, 2.75) is 44.6 Å². The Balaban J connectivity index is 1.06. The van der Waals surface area contributed by atoms with E-state index in [1.165, 1.54) is 0 Å². The van der Waals surface area contributed by atoms with Crippen LogP contribution in [0, 0.1) is 11.8 Å². The molecule has 3 amide bonds. The van der Waals surface area contributed by atoms with Gasteiger partial charge in [0.05, 0.1) is 5.56 Å². The molecule has 4 heterocycles. The number of fused-ring (bicyclic) bond motifs is 3. The average molecular weight is 486 g/mol. The lowest BCUT2D eigenvalue weighted by molar-refractivity contribution is -0.116. The molecule has 2 fully saturated rings. The second-order valence-corrected chi connectivity index (χ2v) is 10.5. The van der Waals surface area contributed by atoms with Gasteiger partial charge >= 0.3 is 0 Å². The van der Waals surface area contributed by atoms with E-state index in [1.807, 2.05) is 48.5 Å². The molecule has 0 radical (unpaired) electrons. The van der Waals surface area contributed by atoms with Crippen LogP contribution in [-0.2, 0) is 18.3 Å². The number of benzene rings is 1. The number of pyridine rings is 1. The van der Waals surface area contributed by atoms with Crippen molar-refractivity contribution >= 4 is 34.4 Å². The Hall–Kier alpha value is -3.68. The topological polar surface area (TPSA) is 96.3 Å². The van der Waals surface area contributed by atoms with Crippen LogP contribution < -0.4 is 10.6 Å². The molecule has 1 aromatic carbocycles. The summed E-state index contributed by atoms with van der Waals surface area (Å²) in [5.74, 6) is 1.54. The van der Waals surface area contributed by atoms with Gasteiger partial charge in [0, 0.05) is 61.5 Å². The first-order valence-corrected chi connectivity index (χ1v) is 12.9. The van der Waals surface area contributed by atoms with Gasteiger partial charge in [-0.2, -0.15) is 0 Å². The number of anilines is 1. The number of nitrogens with zero attached hydrogens (tertiary/aromatic N) is 3. The summed E-state index contributed by atoms with van der Waals surface area (Å²) in [6.45, 7) is 1.55. The SMILES string of the molecule is Cn1ccc2cc(C(=O)N3CCC4CC(NC(=O)c5cnc6c(c5)CCC(=O)N6)CCC4C3)ccc21. The van der Waals surface area contributed by atoms with E-state index in [0.717, 1.165) is 60.8 Å². The summed E-state index contributed by atoms with van der Waals surface area (Å²) in [6, 6.07) is 9.99. The number of hydrogen-bond acceptors (Lipinski definition) is 4. The normalized spacial score (nSPS) is 23.5. The minimum Gasteiger partial charge on any atom is -0.351 e. The number of piperidine rings is 1. The molecule has 1 saturated heterocycles. The number of amides is 3. The minimum atomic E-state index is -0.102. The van der Waals surface area contributed by atoms with Gasteiger partial charge in [0.2, 0.25) is 5.91 Å². The maximum Gasteiger partial charge on any atom is 0.253 e. The van der Waals surface area contributed by atoms with Crippen molar-refractivity contribution < 1.29 is 14.4 Å². The zero-order valence-corrected chi connectivity index (χ0v) is 20.5. The van der Waals surface area contributed by atoms with Crippen LogP contribution in [0.5, 0.6) is 0 Å². The van der Waals surface area contributed by atoms with Gasteiger partial charge < -0.3 is 20.1 Å². The molecule has 186 valence electrons. The second-order valence-electron chi connectivity index (χ2n) is 10.5. The maximum absolute atomic E-state index is 13.2. The number of carbonyl (C=O) groups is 3. The maximum atomic E-state index is 13.2. The van der Waals surface area contributed by atoms with Crippen molar-refractivity contribution in [2.75, 3.05) is 18.4 Å². The van der Waals surface area contributed by atoms with Crippen molar-refractivity contribution in [1.82, 2.24) is 19.8 Å². The predicted octanol–water partition coefficient (Wildman–Crippen LogP) is 3.52. The Kier molecular flexibility index (Phi) is 5.74. The Bertz CT molecular complexity index is 1360. The fourth-order valence-corrected chi connectivity index (χ4v) is 6.18. The van der Waals surface area contributed by atoms with Crippen molar-refractivity contribution in [3.05, 3.63) is 59.4 Å². The quantitative estimate of drug-likeness (QED) is 0.593. The average Bonchev–Trinajstić information content (AvgIpc) is 3.27. The number of likely N-dealkylation sites (tertiary alicyclic amines) is 1. The van der Waals surface area contributed by atoms with Crippen LogP contribution in [0.25, 0.3) is 10.9 Å². The first kappa shape index (κ1) is 22.8. The Morgan fingerprint density at radius 1 is 1.06 bits per heavy atom. The van der Waals surface area contributed by atoms with Crippen molar-refractivity contribution in [3.63, 3.8) is 0 Å². The molecule has 8 heteroatoms. The zero-order valence-electron chi connectivity index (χ0n) is 20.5. The van der Waals surface area contributed by atoms with Gasteiger partial charge in [-0.15, -0.1) is 0 Å². The first-order valence-electron chi connectivity index (χ1n) is 12.9. The molecule has 3 unspecified atom stereocenters. The van der Waals surface area contributed by atoms with E-state index in [1.54, 1.807) is 6.20 Å². The highest BCUT2D eigenvalue weighted by atomic mass is 16.2. The third-order valence-electron chi connectivity index (χ3n) is 8.23. The van der Waals surface area contributed by atoms with Crippen molar-refractivity contribution in [3.8, 4) is 0 Å². The molecule has 0 bridgehead atoms. The molecule has 1 saturated carbocycles. The summed E-state index contributed by atoms with van der Waals surface area (Å²) in [7, 11) is 2.01. The molecule has 8 nitrogen and oxygen atoms in total. The minimum absolute atomic E-state index is 0.0334. The highest BCUT2D eigenvalue weighted by Crippen LogP contribution is 2.37. The smallest absolute Gasteiger partial charge is 0.253 e. The fraction of sp³-hybridized carbons (Fsp3) is 0.429. The zero-order chi connectivity index (χ0) is 24.8. The highest BCUT2D eigenvalue weighted by molar-refractivity contribution is 5.98. The summed E-state index contributed by atoms with van der Waals surface area (Å²) in [5.41, 5.74) is 3.34. The van der Waals surface area contributed by atoms with Crippen molar-refractivity contribution in [2.24, 2.45) is 18.9 Å². The summed E-state index contributed by atoms with van der Waals surface area (Å²) in [5, 5.41) is 7.06. The number of rotatable bonds is 3.